The molecule has 266 valence electrons. The van der Waals surface area contributed by atoms with Crippen LogP contribution in [-0.4, -0.2) is 98.4 Å². The van der Waals surface area contributed by atoms with E-state index in [0.717, 1.165) is 44.6 Å². The molecule has 1 N–H and O–H groups in total. The predicted octanol–water partition coefficient (Wildman–Crippen LogP) is 6.69. The summed E-state index contributed by atoms with van der Waals surface area (Å²) >= 11 is 1.81. The topological polar surface area (TPSA) is 94.7 Å². The van der Waals surface area contributed by atoms with Crippen molar-refractivity contribution in [2.75, 3.05) is 68.7 Å². The number of aldehydes is 1. The van der Waals surface area contributed by atoms with Crippen LogP contribution in [0.5, 0.6) is 0 Å². The molecule has 5 rings (SSSR count). The highest BCUT2D eigenvalue weighted by Gasteiger charge is 2.28. The Morgan fingerprint density at radius 2 is 1.22 bits per heavy atom. The third-order valence-electron chi connectivity index (χ3n) is 8.04. The summed E-state index contributed by atoms with van der Waals surface area (Å²) in [5, 5.41) is 5.69. The summed E-state index contributed by atoms with van der Waals surface area (Å²) in [7, 11) is 0. The molecule has 2 aromatic carbocycles. The Morgan fingerprint density at radius 3 is 1.73 bits per heavy atom. The third-order valence-corrected chi connectivity index (χ3v) is 8.98. The van der Waals surface area contributed by atoms with Crippen LogP contribution in [0.15, 0.2) is 66.0 Å². The van der Waals surface area contributed by atoms with Gasteiger partial charge in [-0.15, -0.1) is 11.3 Å². The molecule has 0 atom stereocenters. The summed E-state index contributed by atoms with van der Waals surface area (Å²) in [6, 6.07) is 20.4. The van der Waals surface area contributed by atoms with E-state index in [0.29, 0.717) is 44.8 Å². The van der Waals surface area contributed by atoms with Crippen LogP contribution in [0.3, 0.4) is 0 Å². The maximum absolute atomic E-state index is 12.3. The minimum absolute atomic E-state index is 0.212. The van der Waals surface area contributed by atoms with E-state index < -0.39 is 11.2 Å². The number of nitrogens with zero attached hydrogens (tertiary/aromatic N) is 4. The first-order valence-electron chi connectivity index (χ1n) is 17.1. The zero-order valence-corrected chi connectivity index (χ0v) is 30.8. The van der Waals surface area contributed by atoms with Crippen molar-refractivity contribution in [2.45, 2.75) is 65.7 Å². The highest BCUT2D eigenvalue weighted by Crippen LogP contribution is 2.23. The van der Waals surface area contributed by atoms with E-state index in [-0.39, 0.29) is 12.2 Å². The molecule has 0 spiro atoms. The van der Waals surface area contributed by atoms with Crippen LogP contribution >= 0.6 is 11.3 Å². The number of ether oxygens (including phenoxy) is 2. The second-order valence-corrected chi connectivity index (χ2v) is 15.3. The van der Waals surface area contributed by atoms with E-state index >= 15 is 0 Å². The lowest BCUT2D eigenvalue weighted by atomic mass is 10.1. The highest BCUT2D eigenvalue weighted by atomic mass is 32.1. The summed E-state index contributed by atoms with van der Waals surface area (Å²) in [5.41, 5.74) is 3.25. The molecule has 1 aromatic heterocycles. The minimum Gasteiger partial charge on any atom is -0.444 e. The maximum Gasteiger partial charge on any atom is 0.410 e. The fourth-order valence-corrected chi connectivity index (χ4v) is 6.36. The Balaban J connectivity index is 0.000000230. The van der Waals surface area contributed by atoms with Crippen molar-refractivity contribution in [3.63, 3.8) is 0 Å². The van der Waals surface area contributed by atoms with Gasteiger partial charge in [-0.3, -0.25) is 4.79 Å². The number of rotatable bonds is 8. The quantitative estimate of drug-likeness (QED) is 0.206. The zero-order chi connectivity index (χ0) is 35.4. The van der Waals surface area contributed by atoms with Crippen LogP contribution < -0.4 is 15.1 Å². The number of hydrogen-bond donors (Lipinski definition) is 1. The summed E-state index contributed by atoms with van der Waals surface area (Å²) in [6.45, 7) is 18.8. The standard InChI is InChI=1S/C22H31N3O2S.C16H22N2O3/c1-22(2,3)27-21(26)25-14-12-24(13-15-25)20-9-5-4-7-18(20)17-23-11-10-19-8-6-16-28-19;1-16(2,3)21-15(20)18-10-8-17(9-11-18)14-7-5-4-6-13(14)12-19/h4-9,16,23H,10-15,17H2,1-3H3;4-7,12H,8-11H2,1-3H3. The van der Waals surface area contributed by atoms with Gasteiger partial charge in [0.05, 0.1) is 0 Å². The second-order valence-electron chi connectivity index (χ2n) is 14.2. The van der Waals surface area contributed by atoms with Crippen molar-refractivity contribution in [1.82, 2.24) is 15.1 Å². The Kier molecular flexibility index (Phi) is 13.5. The molecule has 49 heavy (non-hydrogen) atoms. The maximum atomic E-state index is 12.3. The predicted molar refractivity (Wildman–Crippen MR) is 198 cm³/mol. The monoisotopic (exact) mass is 691 g/mol. The Bertz CT molecular complexity index is 1480. The average molecular weight is 692 g/mol. The molecule has 2 saturated heterocycles. The molecule has 2 aliphatic rings. The van der Waals surface area contributed by atoms with Crippen molar-refractivity contribution >= 4 is 41.2 Å². The van der Waals surface area contributed by atoms with Gasteiger partial charge >= 0.3 is 12.2 Å². The minimum atomic E-state index is -0.474. The van der Waals surface area contributed by atoms with E-state index in [2.05, 4.69) is 56.9 Å². The van der Waals surface area contributed by atoms with Gasteiger partial charge in [-0.25, -0.2) is 9.59 Å². The molecule has 3 heterocycles. The number of carbonyl (C=O) groups excluding carboxylic acids is 3. The van der Waals surface area contributed by atoms with Crippen LogP contribution in [0.2, 0.25) is 0 Å². The van der Waals surface area contributed by atoms with Gasteiger partial charge in [0.25, 0.3) is 0 Å². The van der Waals surface area contributed by atoms with Crippen molar-refractivity contribution in [1.29, 1.82) is 0 Å². The van der Waals surface area contributed by atoms with Gasteiger partial charge in [0.1, 0.15) is 11.2 Å². The molecule has 2 amide bonds. The van der Waals surface area contributed by atoms with Gasteiger partial charge in [-0.2, -0.15) is 0 Å². The molecule has 11 heteroatoms. The van der Waals surface area contributed by atoms with Crippen LogP contribution in [-0.2, 0) is 22.4 Å². The van der Waals surface area contributed by atoms with Gasteiger partial charge in [0.2, 0.25) is 0 Å². The van der Waals surface area contributed by atoms with Crippen molar-refractivity contribution < 1.29 is 23.9 Å². The van der Waals surface area contributed by atoms with Crippen LogP contribution in [0.4, 0.5) is 21.0 Å². The molecular formula is C38H53N5O5S. The SMILES string of the molecule is CC(C)(C)OC(=O)N1CCN(c2ccccc2C=O)CC1.CC(C)(C)OC(=O)N1CCN(c2ccccc2CNCCc2cccs2)CC1. The number of anilines is 2. The first-order chi connectivity index (χ1) is 23.3. The number of nitrogens with one attached hydrogen (secondary N) is 1. The third kappa shape index (κ3) is 12.1. The van der Waals surface area contributed by atoms with E-state index in [1.54, 1.807) is 4.90 Å². The second kappa shape index (κ2) is 17.5. The molecule has 0 radical (unpaired) electrons. The lowest BCUT2D eigenvalue weighted by molar-refractivity contribution is 0.0230. The summed E-state index contributed by atoms with van der Waals surface area (Å²) in [4.78, 5) is 44.8. The number of carbonyl (C=O) groups is 3. The molecule has 0 aliphatic carbocycles. The highest BCUT2D eigenvalue weighted by molar-refractivity contribution is 7.09. The van der Waals surface area contributed by atoms with E-state index in [4.69, 9.17) is 9.47 Å². The first kappa shape index (κ1) is 37.7. The van der Waals surface area contributed by atoms with Gasteiger partial charge in [-0.1, -0.05) is 36.4 Å². The van der Waals surface area contributed by atoms with Crippen molar-refractivity contribution in [3.8, 4) is 0 Å². The fourth-order valence-electron chi connectivity index (χ4n) is 5.65. The van der Waals surface area contributed by atoms with Crippen molar-refractivity contribution in [2.24, 2.45) is 0 Å². The van der Waals surface area contributed by atoms with Gasteiger partial charge in [-0.05, 0) is 83.2 Å². The molecule has 10 nitrogen and oxygen atoms in total. The lowest BCUT2D eigenvalue weighted by Gasteiger charge is -2.37. The molecular weight excluding hydrogens is 639 g/mol. The molecule has 2 aliphatic heterocycles. The van der Waals surface area contributed by atoms with E-state index in [9.17, 15) is 14.4 Å². The number of hydrogen-bond acceptors (Lipinski definition) is 9. The van der Waals surface area contributed by atoms with Crippen molar-refractivity contribution in [3.05, 3.63) is 82.0 Å². The van der Waals surface area contributed by atoms with Crippen LogP contribution in [0, 0.1) is 0 Å². The molecule has 0 unspecified atom stereocenters. The van der Waals surface area contributed by atoms with Gasteiger partial charge < -0.3 is 34.4 Å². The first-order valence-corrected chi connectivity index (χ1v) is 18.0. The molecule has 0 saturated carbocycles. The Hall–Kier alpha value is -4.09. The smallest absolute Gasteiger partial charge is 0.410 e. The molecule has 3 aromatic rings. The molecule has 0 bridgehead atoms. The average Bonchev–Trinajstić information content (AvgIpc) is 3.60. The fraction of sp³-hybridized carbons (Fsp3) is 0.500. The number of amides is 2. The lowest BCUT2D eigenvalue weighted by Crippen LogP contribution is -2.50. The number of thiophene rings is 1. The largest absolute Gasteiger partial charge is 0.444 e. The Morgan fingerprint density at radius 1 is 0.714 bits per heavy atom. The zero-order valence-electron chi connectivity index (χ0n) is 29.9. The summed E-state index contributed by atoms with van der Waals surface area (Å²) in [6.07, 6.45) is 1.45. The van der Waals surface area contributed by atoms with E-state index in [1.165, 1.54) is 16.1 Å². The number of benzene rings is 2. The summed E-state index contributed by atoms with van der Waals surface area (Å²) < 4.78 is 10.9. The van der Waals surface area contributed by atoms with Gasteiger partial charge in [0.15, 0.2) is 6.29 Å². The molecule has 2 fully saturated rings. The van der Waals surface area contributed by atoms with Gasteiger partial charge in [0, 0.05) is 87.3 Å². The van der Waals surface area contributed by atoms with Crippen LogP contribution in [0.1, 0.15) is 62.3 Å². The number of piperazine rings is 2. The van der Waals surface area contributed by atoms with Crippen LogP contribution in [0.25, 0.3) is 0 Å². The number of para-hydroxylation sites is 2. The normalized spacial score (nSPS) is 15.3. The van der Waals surface area contributed by atoms with E-state index in [1.807, 2.05) is 82.0 Å². The summed E-state index contributed by atoms with van der Waals surface area (Å²) in [5.74, 6) is 0. The Labute approximate surface area is 296 Å².